The third-order valence-corrected chi connectivity index (χ3v) is 8.87. The molecule has 2 fully saturated rings. The van der Waals surface area contributed by atoms with Crippen molar-refractivity contribution in [1.82, 2.24) is 9.80 Å². The van der Waals surface area contributed by atoms with Crippen LogP contribution in [-0.2, 0) is 9.59 Å². The van der Waals surface area contributed by atoms with Crippen molar-refractivity contribution in [3.8, 4) is 5.75 Å². The summed E-state index contributed by atoms with van der Waals surface area (Å²) in [5.74, 6) is 0.271. The number of hydrogen-bond acceptors (Lipinski definition) is 5. The van der Waals surface area contributed by atoms with Gasteiger partial charge in [-0.15, -0.1) is 0 Å². The lowest BCUT2D eigenvalue weighted by atomic mass is 9.80. The van der Waals surface area contributed by atoms with E-state index >= 15 is 0 Å². The fraction of sp³-hybridized carbons (Fsp3) is 0.297. The molecule has 0 radical (unpaired) electrons. The predicted octanol–water partition coefficient (Wildman–Crippen LogP) is 7.09. The van der Waals surface area contributed by atoms with Gasteiger partial charge in [0, 0.05) is 30.7 Å². The summed E-state index contributed by atoms with van der Waals surface area (Å²) in [5.41, 5.74) is 2.95. The SMILES string of the molecule is CCN1CC(c2ccccc2)C(=O)C(c2cccc(Br)c2)C1.CN1CC(Oc2ccccc2)C(=O)C(c2cccc(F)c2)C1. The first-order valence-corrected chi connectivity index (χ1v) is 15.9. The number of ether oxygens (including phenoxy) is 1. The molecule has 0 aliphatic carbocycles. The van der Waals surface area contributed by atoms with Gasteiger partial charge in [-0.05, 0) is 66.7 Å². The van der Waals surface area contributed by atoms with Crippen LogP contribution in [0.1, 0.15) is 41.4 Å². The molecule has 5 nitrogen and oxygen atoms in total. The Bertz CT molecular complexity index is 1550. The van der Waals surface area contributed by atoms with Crippen LogP contribution in [0, 0.1) is 5.82 Å². The van der Waals surface area contributed by atoms with Crippen LogP contribution in [0.5, 0.6) is 5.75 Å². The molecule has 0 bridgehead atoms. The largest absolute Gasteiger partial charge is 0.481 e. The minimum atomic E-state index is -0.533. The van der Waals surface area contributed by atoms with E-state index in [0.717, 1.165) is 35.2 Å². The maximum atomic E-state index is 13.4. The molecule has 0 spiro atoms. The standard InChI is InChI=1S/C19H20BrNO.C18H18FNO2/c1-2-21-12-17(14-7-4-3-5-8-14)19(22)18(13-21)15-9-6-10-16(20)11-15;1-20-11-16(13-6-5-7-14(19)10-13)18(21)17(12-20)22-15-8-3-2-4-9-15/h3-11,17-18H,2,12-13H2,1H3;2-10,16-17H,11-12H2,1H3. The highest BCUT2D eigenvalue weighted by atomic mass is 79.9. The summed E-state index contributed by atoms with van der Waals surface area (Å²) in [6, 6.07) is 33.9. The molecule has 7 heteroatoms. The van der Waals surface area contributed by atoms with Gasteiger partial charge in [-0.3, -0.25) is 9.59 Å². The van der Waals surface area contributed by atoms with Crippen molar-refractivity contribution >= 4 is 27.5 Å². The van der Waals surface area contributed by atoms with Crippen LogP contribution in [0.3, 0.4) is 0 Å². The number of likely N-dealkylation sites (N-methyl/N-ethyl adjacent to an activating group) is 2. The predicted molar refractivity (Wildman–Crippen MR) is 176 cm³/mol. The maximum Gasteiger partial charge on any atom is 0.183 e. The van der Waals surface area contributed by atoms with E-state index in [0.29, 0.717) is 30.2 Å². The molecule has 6 rings (SSSR count). The summed E-state index contributed by atoms with van der Waals surface area (Å²) >= 11 is 3.52. The zero-order valence-electron chi connectivity index (χ0n) is 25.1. The molecule has 2 heterocycles. The first kappa shape index (κ1) is 31.8. The molecule has 4 unspecified atom stereocenters. The van der Waals surface area contributed by atoms with E-state index in [2.05, 4.69) is 52.0 Å². The molecule has 4 aromatic rings. The Hall–Kier alpha value is -3.65. The molecule has 4 aromatic carbocycles. The zero-order chi connectivity index (χ0) is 31.1. The third kappa shape index (κ3) is 7.89. The summed E-state index contributed by atoms with van der Waals surface area (Å²) in [6.45, 7) is 5.90. The fourth-order valence-corrected chi connectivity index (χ4v) is 6.46. The summed E-state index contributed by atoms with van der Waals surface area (Å²) in [4.78, 5) is 30.2. The molecule has 44 heavy (non-hydrogen) atoms. The van der Waals surface area contributed by atoms with Crippen molar-refractivity contribution in [2.24, 2.45) is 0 Å². The summed E-state index contributed by atoms with van der Waals surface area (Å²) in [6.07, 6.45) is -0.533. The fourth-order valence-electron chi connectivity index (χ4n) is 6.05. The quantitative estimate of drug-likeness (QED) is 0.222. The van der Waals surface area contributed by atoms with E-state index in [1.807, 2.05) is 72.6 Å². The minimum absolute atomic E-state index is 0.00699. The number of rotatable bonds is 6. The van der Waals surface area contributed by atoms with Gasteiger partial charge in [-0.1, -0.05) is 95.7 Å². The van der Waals surface area contributed by atoms with E-state index in [1.54, 1.807) is 12.1 Å². The average Bonchev–Trinajstić information content (AvgIpc) is 3.04. The van der Waals surface area contributed by atoms with Gasteiger partial charge in [-0.25, -0.2) is 4.39 Å². The maximum absolute atomic E-state index is 13.4. The third-order valence-electron chi connectivity index (χ3n) is 8.37. The number of nitrogens with zero attached hydrogens (tertiary/aromatic N) is 2. The van der Waals surface area contributed by atoms with Gasteiger partial charge in [0.2, 0.25) is 0 Å². The van der Waals surface area contributed by atoms with Gasteiger partial charge in [0.25, 0.3) is 0 Å². The van der Waals surface area contributed by atoms with Gasteiger partial charge < -0.3 is 14.5 Å². The Morgan fingerprint density at radius 2 is 1.27 bits per heavy atom. The first-order chi connectivity index (χ1) is 21.3. The number of benzene rings is 4. The van der Waals surface area contributed by atoms with E-state index < -0.39 is 6.10 Å². The van der Waals surface area contributed by atoms with Crippen LogP contribution in [-0.4, -0.2) is 67.2 Å². The van der Waals surface area contributed by atoms with Crippen LogP contribution in [0.15, 0.2) is 114 Å². The molecule has 0 N–H and O–H groups in total. The van der Waals surface area contributed by atoms with Crippen LogP contribution < -0.4 is 4.74 Å². The van der Waals surface area contributed by atoms with E-state index in [9.17, 15) is 14.0 Å². The van der Waals surface area contributed by atoms with Crippen LogP contribution in [0.4, 0.5) is 4.39 Å². The number of piperidine rings is 2. The average molecular weight is 658 g/mol. The molecular formula is C37H38BrFN2O3. The van der Waals surface area contributed by atoms with E-state index in [-0.39, 0.29) is 29.4 Å². The van der Waals surface area contributed by atoms with Crippen LogP contribution in [0.25, 0.3) is 0 Å². The van der Waals surface area contributed by atoms with Crippen molar-refractivity contribution in [2.75, 3.05) is 39.8 Å². The highest BCUT2D eigenvalue weighted by Gasteiger charge is 2.37. The highest BCUT2D eigenvalue weighted by Crippen LogP contribution is 2.33. The molecule has 2 aliphatic heterocycles. The Labute approximate surface area is 267 Å². The molecule has 0 amide bonds. The van der Waals surface area contributed by atoms with Gasteiger partial charge >= 0.3 is 0 Å². The normalized spacial score (nSPS) is 22.6. The Kier molecular flexibility index (Phi) is 10.7. The van der Waals surface area contributed by atoms with Crippen molar-refractivity contribution in [1.29, 1.82) is 0 Å². The number of carbonyl (C=O) groups is 2. The summed E-state index contributed by atoms with van der Waals surface area (Å²) < 4.78 is 20.3. The molecule has 2 saturated heterocycles. The number of Topliss-reactive ketones (excluding diaryl/α,β-unsaturated/α-hetero) is 2. The highest BCUT2D eigenvalue weighted by molar-refractivity contribution is 9.10. The number of hydrogen-bond donors (Lipinski definition) is 0. The molecule has 4 atom stereocenters. The molecule has 0 saturated carbocycles. The van der Waals surface area contributed by atoms with Gasteiger partial charge in [0.15, 0.2) is 11.9 Å². The van der Waals surface area contributed by atoms with Crippen LogP contribution in [0.2, 0.25) is 0 Å². The summed E-state index contributed by atoms with van der Waals surface area (Å²) in [5, 5.41) is 0. The second-order valence-electron chi connectivity index (χ2n) is 11.5. The monoisotopic (exact) mass is 656 g/mol. The van der Waals surface area contributed by atoms with Crippen molar-refractivity contribution in [2.45, 2.75) is 30.8 Å². The topological polar surface area (TPSA) is 49.9 Å². The van der Waals surface area contributed by atoms with Crippen molar-refractivity contribution in [3.05, 3.63) is 136 Å². The smallest absolute Gasteiger partial charge is 0.183 e. The molecule has 2 aliphatic rings. The molecule has 228 valence electrons. The summed E-state index contributed by atoms with van der Waals surface area (Å²) in [7, 11) is 1.94. The lowest BCUT2D eigenvalue weighted by Gasteiger charge is -2.36. The lowest BCUT2D eigenvalue weighted by Crippen LogP contribution is -2.49. The lowest BCUT2D eigenvalue weighted by molar-refractivity contribution is -0.131. The number of ketones is 2. The van der Waals surface area contributed by atoms with Crippen molar-refractivity contribution < 1.29 is 18.7 Å². The molecular weight excluding hydrogens is 619 g/mol. The van der Waals surface area contributed by atoms with Crippen LogP contribution >= 0.6 is 15.9 Å². The van der Waals surface area contributed by atoms with E-state index in [1.165, 1.54) is 12.1 Å². The van der Waals surface area contributed by atoms with Gasteiger partial charge in [-0.2, -0.15) is 0 Å². The molecule has 0 aromatic heterocycles. The number of halogens is 2. The van der Waals surface area contributed by atoms with Crippen molar-refractivity contribution in [3.63, 3.8) is 0 Å². The number of para-hydroxylation sites is 1. The Balaban J connectivity index is 0.000000175. The Morgan fingerprint density at radius 1 is 0.705 bits per heavy atom. The van der Waals surface area contributed by atoms with Gasteiger partial charge in [0.1, 0.15) is 17.3 Å². The van der Waals surface area contributed by atoms with Gasteiger partial charge in [0.05, 0.1) is 17.8 Å². The minimum Gasteiger partial charge on any atom is -0.481 e. The second-order valence-corrected chi connectivity index (χ2v) is 12.4. The van der Waals surface area contributed by atoms with E-state index in [4.69, 9.17) is 4.74 Å². The zero-order valence-corrected chi connectivity index (χ0v) is 26.7. The number of likely N-dealkylation sites (tertiary alicyclic amines) is 2. The number of carbonyl (C=O) groups excluding carboxylic acids is 2. The second kappa shape index (κ2) is 14.9. The Morgan fingerprint density at radius 3 is 1.91 bits per heavy atom. The first-order valence-electron chi connectivity index (χ1n) is 15.1.